The third-order valence-corrected chi connectivity index (χ3v) is 3.76. The van der Waals surface area contributed by atoms with Crippen molar-refractivity contribution in [2.75, 3.05) is 20.2 Å². The van der Waals surface area contributed by atoms with E-state index in [0.717, 1.165) is 13.0 Å². The number of nitrogens with zero attached hydrogens (tertiary/aromatic N) is 1. The second-order valence-corrected chi connectivity index (χ2v) is 5.28. The number of benzene rings is 1. The summed E-state index contributed by atoms with van der Waals surface area (Å²) in [5.41, 5.74) is 2.86. The lowest BCUT2D eigenvalue weighted by Crippen LogP contribution is -2.38. The Hall–Kier alpha value is -1.89. The molecule has 0 bridgehead atoms. The lowest BCUT2D eigenvalue weighted by atomic mass is 9.94. The van der Waals surface area contributed by atoms with Crippen LogP contribution < -0.4 is 10.6 Å². The molecule has 0 spiro atoms. The average Bonchev–Trinajstić information content (AvgIpc) is 3.02. The van der Waals surface area contributed by atoms with Gasteiger partial charge in [-0.2, -0.15) is 0 Å². The van der Waals surface area contributed by atoms with E-state index in [4.69, 9.17) is 9.26 Å². The number of hydrogen-bond donors (Lipinski definition) is 2. The van der Waals surface area contributed by atoms with Crippen LogP contribution in [0.3, 0.4) is 0 Å². The number of halogens is 1. The highest BCUT2D eigenvalue weighted by Gasteiger charge is 2.20. The Morgan fingerprint density at radius 2 is 2.30 bits per heavy atom. The number of rotatable bonds is 5. The number of hydrogen-bond acceptors (Lipinski definition) is 5. The molecular formula is C16H20ClN3O3. The lowest BCUT2D eigenvalue weighted by molar-refractivity contribution is 0.0939. The van der Waals surface area contributed by atoms with E-state index in [1.165, 1.54) is 11.1 Å². The van der Waals surface area contributed by atoms with Gasteiger partial charge in [0.1, 0.15) is 6.61 Å². The summed E-state index contributed by atoms with van der Waals surface area (Å²) in [7, 11) is 1.56. The van der Waals surface area contributed by atoms with Gasteiger partial charge in [0, 0.05) is 25.8 Å². The fraction of sp³-hybridized carbons (Fsp3) is 0.375. The molecule has 2 heterocycles. The van der Waals surface area contributed by atoms with E-state index in [1.807, 2.05) is 12.1 Å². The van der Waals surface area contributed by atoms with Crippen LogP contribution in [0.2, 0.25) is 0 Å². The Balaban J connectivity index is 0.00000192. The summed E-state index contributed by atoms with van der Waals surface area (Å²) in [5.74, 6) is 0.296. The molecule has 0 saturated heterocycles. The molecule has 0 aliphatic carbocycles. The summed E-state index contributed by atoms with van der Waals surface area (Å²) in [4.78, 5) is 12.1. The number of aromatic nitrogens is 1. The highest BCUT2D eigenvalue weighted by molar-refractivity contribution is 5.92. The molecule has 2 N–H and O–H groups in total. The van der Waals surface area contributed by atoms with Crippen LogP contribution in [-0.2, 0) is 17.8 Å². The van der Waals surface area contributed by atoms with E-state index in [1.54, 1.807) is 13.2 Å². The number of fused-ring (bicyclic) bond motifs is 1. The van der Waals surface area contributed by atoms with Crippen LogP contribution >= 0.6 is 12.4 Å². The standard InChI is InChI=1S/C16H19N3O3.ClH/c1-21-10-12-8-14(19-22-12)16(20)18-9-15-13-5-3-2-4-11(13)6-7-17-15;/h2-5,8,15,17H,6-7,9-10H2,1H3,(H,18,20);1H. The zero-order valence-electron chi connectivity index (χ0n) is 12.9. The molecule has 1 aromatic carbocycles. The average molecular weight is 338 g/mol. The van der Waals surface area contributed by atoms with Crippen molar-refractivity contribution >= 4 is 18.3 Å². The minimum absolute atomic E-state index is 0. The Morgan fingerprint density at radius 1 is 1.48 bits per heavy atom. The van der Waals surface area contributed by atoms with E-state index >= 15 is 0 Å². The molecule has 23 heavy (non-hydrogen) atoms. The Bertz CT molecular complexity index is 660. The maximum absolute atomic E-state index is 12.1. The molecule has 1 unspecified atom stereocenters. The Morgan fingerprint density at radius 3 is 3.13 bits per heavy atom. The van der Waals surface area contributed by atoms with E-state index in [0.29, 0.717) is 18.9 Å². The first-order valence-corrected chi connectivity index (χ1v) is 7.32. The third kappa shape index (κ3) is 4.10. The van der Waals surface area contributed by atoms with Crippen LogP contribution in [0, 0.1) is 0 Å². The van der Waals surface area contributed by atoms with Gasteiger partial charge in [-0.3, -0.25) is 4.79 Å². The minimum atomic E-state index is -0.240. The van der Waals surface area contributed by atoms with Gasteiger partial charge in [-0.05, 0) is 24.1 Å². The number of carbonyl (C=O) groups is 1. The fourth-order valence-corrected chi connectivity index (χ4v) is 2.69. The first-order valence-electron chi connectivity index (χ1n) is 7.32. The van der Waals surface area contributed by atoms with Crippen molar-refractivity contribution in [2.24, 2.45) is 0 Å². The van der Waals surface area contributed by atoms with Gasteiger partial charge in [0.05, 0.1) is 0 Å². The lowest BCUT2D eigenvalue weighted by Gasteiger charge is -2.26. The van der Waals surface area contributed by atoms with Crippen molar-refractivity contribution in [1.29, 1.82) is 0 Å². The first kappa shape index (κ1) is 17.5. The molecule has 124 valence electrons. The molecule has 6 nitrogen and oxygen atoms in total. The quantitative estimate of drug-likeness (QED) is 0.871. The van der Waals surface area contributed by atoms with E-state index in [-0.39, 0.29) is 30.0 Å². The van der Waals surface area contributed by atoms with Crippen molar-refractivity contribution < 1.29 is 14.1 Å². The van der Waals surface area contributed by atoms with E-state index in [9.17, 15) is 4.79 Å². The highest BCUT2D eigenvalue weighted by Crippen LogP contribution is 2.21. The smallest absolute Gasteiger partial charge is 0.273 e. The summed E-state index contributed by atoms with van der Waals surface area (Å²) in [6, 6.07) is 10.0. The molecule has 7 heteroatoms. The summed E-state index contributed by atoms with van der Waals surface area (Å²) in [5, 5.41) is 10.1. The highest BCUT2D eigenvalue weighted by atomic mass is 35.5. The largest absolute Gasteiger partial charge is 0.377 e. The van der Waals surface area contributed by atoms with Gasteiger partial charge in [0.25, 0.3) is 5.91 Å². The van der Waals surface area contributed by atoms with Gasteiger partial charge in [-0.25, -0.2) is 0 Å². The summed E-state index contributed by atoms with van der Waals surface area (Å²) in [6.07, 6.45) is 1.02. The predicted octanol–water partition coefficient (Wildman–Crippen LogP) is 1.86. The third-order valence-electron chi connectivity index (χ3n) is 3.76. The zero-order chi connectivity index (χ0) is 15.4. The van der Waals surface area contributed by atoms with Gasteiger partial charge in [0.2, 0.25) is 0 Å². The number of ether oxygens (including phenoxy) is 1. The SMILES string of the molecule is COCc1cc(C(=O)NCC2NCCc3ccccc32)no1.Cl. The van der Waals surface area contributed by atoms with Crippen molar-refractivity contribution in [3.63, 3.8) is 0 Å². The molecule has 0 saturated carbocycles. The van der Waals surface area contributed by atoms with Gasteiger partial charge in [-0.15, -0.1) is 12.4 Å². The molecule has 1 aliphatic heterocycles. The van der Waals surface area contributed by atoms with Gasteiger partial charge < -0.3 is 19.9 Å². The Kier molecular flexibility index (Phi) is 6.15. The summed E-state index contributed by atoms with van der Waals surface area (Å²) < 4.78 is 9.96. The van der Waals surface area contributed by atoms with Crippen molar-refractivity contribution in [3.8, 4) is 0 Å². The number of nitrogens with one attached hydrogen (secondary N) is 2. The van der Waals surface area contributed by atoms with Gasteiger partial charge in [-0.1, -0.05) is 29.4 Å². The van der Waals surface area contributed by atoms with Crippen LogP contribution in [0.4, 0.5) is 0 Å². The predicted molar refractivity (Wildman–Crippen MR) is 87.7 cm³/mol. The van der Waals surface area contributed by atoms with Crippen LogP contribution in [0.1, 0.15) is 33.4 Å². The zero-order valence-corrected chi connectivity index (χ0v) is 13.7. The topological polar surface area (TPSA) is 76.4 Å². The van der Waals surface area contributed by atoms with Gasteiger partial charge in [0.15, 0.2) is 11.5 Å². The molecule has 1 aromatic heterocycles. The monoisotopic (exact) mass is 337 g/mol. The van der Waals surface area contributed by atoms with E-state index in [2.05, 4.69) is 27.9 Å². The molecule has 1 aliphatic rings. The second kappa shape index (κ2) is 8.10. The number of amides is 1. The minimum Gasteiger partial charge on any atom is -0.377 e. The van der Waals surface area contributed by atoms with E-state index < -0.39 is 0 Å². The first-order chi connectivity index (χ1) is 10.8. The molecule has 1 atom stereocenters. The van der Waals surface area contributed by atoms with Crippen molar-refractivity contribution in [1.82, 2.24) is 15.8 Å². The maximum Gasteiger partial charge on any atom is 0.273 e. The van der Waals surface area contributed by atoms with Crippen molar-refractivity contribution in [3.05, 3.63) is 52.9 Å². The molecule has 3 rings (SSSR count). The normalized spacial score (nSPS) is 16.3. The van der Waals surface area contributed by atoms with Crippen LogP contribution in [-0.4, -0.2) is 31.3 Å². The van der Waals surface area contributed by atoms with Gasteiger partial charge >= 0.3 is 0 Å². The molecule has 0 fully saturated rings. The number of methoxy groups -OCH3 is 1. The molecule has 0 radical (unpaired) electrons. The number of carbonyl (C=O) groups excluding carboxylic acids is 1. The second-order valence-electron chi connectivity index (χ2n) is 5.28. The summed E-state index contributed by atoms with van der Waals surface area (Å²) >= 11 is 0. The van der Waals surface area contributed by atoms with Crippen LogP contribution in [0.15, 0.2) is 34.9 Å². The maximum atomic E-state index is 12.1. The fourth-order valence-electron chi connectivity index (χ4n) is 2.69. The molecule has 1 amide bonds. The van der Waals surface area contributed by atoms with Crippen molar-refractivity contribution in [2.45, 2.75) is 19.1 Å². The Labute approximate surface area is 141 Å². The molecular weight excluding hydrogens is 318 g/mol. The summed E-state index contributed by atoms with van der Waals surface area (Å²) in [6.45, 7) is 1.74. The molecule has 2 aromatic rings. The van der Waals surface area contributed by atoms with Crippen LogP contribution in [0.5, 0.6) is 0 Å². The van der Waals surface area contributed by atoms with Crippen LogP contribution in [0.25, 0.3) is 0 Å².